The van der Waals surface area contributed by atoms with E-state index in [4.69, 9.17) is 23.2 Å². The van der Waals surface area contributed by atoms with Crippen LogP contribution in [0.25, 0.3) is 0 Å². The van der Waals surface area contributed by atoms with Crippen molar-refractivity contribution in [2.75, 3.05) is 0 Å². The van der Waals surface area contributed by atoms with Gasteiger partial charge in [-0.3, -0.25) is 4.79 Å². The zero-order valence-corrected chi connectivity index (χ0v) is 13.2. The number of hydrogen-bond donors (Lipinski definition) is 1. The molecule has 1 amide bonds. The second kappa shape index (κ2) is 6.88. The van der Waals surface area contributed by atoms with Gasteiger partial charge in [-0.15, -0.1) is 0 Å². The number of nitrogens with zero attached hydrogens (tertiary/aromatic N) is 1. The number of rotatable bonds is 3. The fourth-order valence-electron chi connectivity index (χ4n) is 1.45. The normalized spacial score (nSPS) is 10.8. The smallest absolute Gasteiger partial charge is 0.267 e. The summed E-state index contributed by atoms with van der Waals surface area (Å²) in [6.07, 6.45) is 1.56. The zero-order chi connectivity index (χ0) is 14.5. The van der Waals surface area contributed by atoms with Gasteiger partial charge in [0.05, 0.1) is 16.3 Å². The molecule has 0 aliphatic heterocycles. The molecule has 0 saturated heterocycles. The number of nitrogens with one attached hydrogen (secondary N) is 1. The molecule has 0 saturated carbocycles. The molecule has 0 aliphatic rings. The van der Waals surface area contributed by atoms with Crippen LogP contribution in [0.5, 0.6) is 0 Å². The molecule has 0 aliphatic carbocycles. The molecule has 0 bridgehead atoms. The molecule has 1 N–H and O–H groups in total. The lowest BCUT2D eigenvalue weighted by molar-refractivity contribution is 0.0955. The maximum Gasteiger partial charge on any atom is 0.271 e. The molecule has 0 aromatic heterocycles. The average molecular weight is 372 g/mol. The van der Waals surface area contributed by atoms with Crippen LogP contribution in [0.2, 0.25) is 10.0 Å². The lowest BCUT2D eigenvalue weighted by Gasteiger charge is -2.01. The molecule has 0 radical (unpaired) electrons. The van der Waals surface area contributed by atoms with Gasteiger partial charge >= 0.3 is 0 Å². The zero-order valence-electron chi connectivity index (χ0n) is 10.1. The fraction of sp³-hybridized carbons (Fsp3) is 0. The number of hydrazone groups is 1. The Hall–Kier alpha value is -1.36. The van der Waals surface area contributed by atoms with Crippen LogP contribution in [0.15, 0.2) is 52.0 Å². The number of halogens is 3. The predicted molar refractivity (Wildman–Crippen MR) is 85.7 cm³/mol. The third-order valence-electron chi connectivity index (χ3n) is 2.41. The quantitative estimate of drug-likeness (QED) is 0.625. The Balaban J connectivity index is 2.03. The van der Waals surface area contributed by atoms with Gasteiger partial charge in [-0.25, -0.2) is 5.43 Å². The SMILES string of the molecule is O=C(N/N=C\c1cccc(Br)c1)c1ccc(Cl)c(Cl)c1. The summed E-state index contributed by atoms with van der Waals surface area (Å²) >= 11 is 15.0. The van der Waals surface area contributed by atoms with E-state index in [0.29, 0.717) is 15.6 Å². The number of amides is 1. The highest BCUT2D eigenvalue weighted by atomic mass is 79.9. The fourth-order valence-corrected chi connectivity index (χ4v) is 2.17. The summed E-state index contributed by atoms with van der Waals surface area (Å²) in [4.78, 5) is 11.8. The summed E-state index contributed by atoms with van der Waals surface area (Å²) in [5, 5.41) is 4.62. The van der Waals surface area contributed by atoms with Gasteiger partial charge < -0.3 is 0 Å². The van der Waals surface area contributed by atoms with Crippen molar-refractivity contribution in [2.45, 2.75) is 0 Å². The van der Waals surface area contributed by atoms with Crippen molar-refractivity contribution in [3.05, 3.63) is 68.1 Å². The highest BCUT2D eigenvalue weighted by Crippen LogP contribution is 2.22. The van der Waals surface area contributed by atoms with Crippen LogP contribution < -0.4 is 5.43 Å². The molecule has 2 aromatic carbocycles. The van der Waals surface area contributed by atoms with Gasteiger partial charge in [0.1, 0.15) is 0 Å². The molecule has 3 nitrogen and oxygen atoms in total. The summed E-state index contributed by atoms with van der Waals surface area (Å²) in [6.45, 7) is 0. The van der Waals surface area contributed by atoms with Crippen LogP contribution in [0.1, 0.15) is 15.9 Å². The third-order valence-corrected chi connectivity index (χ3v) is 3.64. The summed E-state index contributed by atoms with van der Waals surface area (Å²) in [7, 11) is 0. The van der Waals surface area contributed by atoms with Crippen molar-refractivity contribution >= 4 is 51.3 Å². The van der Waals surface area contributed by atoms with E-state index in [1.807, 2.05) is 24.3 Å². The summed E-state index contributed by atoms with van der Waals surface area (Å²) < 4.78 is 0.942. The van der Waals surface area contributed by atoms with Gasteiger partial charge in [0.25, 0.3) is 5.91 Å². The minimum Gasteiger partial charge on any atom is -0.267 e. The Labute approximate surface area is 134 Å². The maximum absolute atomic E-state index is 11.8. The van der Waals surface area contributed by atoms with Gasteiger partial charge in [-0.1, -0.05) is 51.3 Å². The van der Waals surface area contributed by atoms with Gasteiger partial charge in [0.15, 0.2) is 0 Å². The van der Waals surface area contributed by atoms with Crippen LogP contribution >= 0.6 is 39.1 Å². The molecule has 20 heavy (non-hydrogen) atoms. The van der Waals surface area contributed by atoms with Gasteiger partial charge in [-0.2, -0.15) is 5.10 Å². The topological polar surface area (TPSA) is 41.5 Å². The molecule has 0 spiro atoms. The van der Waals surface area contributed by atoms with E-state index >= 15 is 0 Å². The predicted octanol–water partition coefficient (Wildman–Crippen LogP) is 4.52. The monoisotopic (exact) mass is 370 g/mol. The van der Waals surface area contributed by atoms with Crippen molar-refractivity contribution in [1.29, 1.82) is 0 Å². The summed E-state index contributed by atoms with van der Waals surface area (Å²) in [6, 6.07) is 12.2. The van der Waals surface area contributed by atoms with E-state index in [-0.39, 0.29) is 5.91 Å². The lowest BCUT2D eigenvalue weighted by Crippen LogP contribution is -2.17. The van der Waals surface area contributed by atoms with Crippen molar-refractivity contribution < 1.29 is 4.79 Å². The van der Waals surface area contributed by atoms with Crippen molar-refractivity contribution in [3.8, 4) is 0 Å². The van der Waals surface area contributed by atoms with E-state index in [1.165, 1.54) is 6.07 Å². The highest BCUT2D eigenvalue weighted by molar-refractivity contribution is 9.10. The minimum atomic E-state index is -0.352. The molecule has 0 atom stereocenters. The minimum absolute atomic E-state index is 0.329. The molecule has 102 valence electrons. The number of carbonyl (C=O) groups is 1. The molecule has 0 fully saturated rings. The Morgan fingerprint density at radius 3 is 2.65 bits per heavy atom. The van der Waals surface area contributed by atoms with Crippen LogP contribution in [0.4, 0.5) is 0 Å². The molecule has 6 heteroatoms. The first-order chi connectivity index (χ1) is 9.56. The average Bonchev–Trinajstić information content (AvgIpc) is 2.42. The Morgan fingerprint density at radius 1 is 1.15 bits per heavy atom. The molecule has 2 aromatic rings. The lowest BCUT2D eigenvalue weighted by atomic mass is 10.2. The maximum atomic E-state index is 11.8. The van der Waals surface area contributed by atoms with Gasteiger partial charge in [0.2, 0.25) is 0 Å². The standard InChI is InChI=1S/C14H9BrCl2N2O/c15-11-3-1-2-9(6-11)8-18-19-14(20)10-4-5-12(16)13(17)7-10/h1-8H,(H,19,20)/b18-8-. The molecule has 2 rings (SSSR count). The molecule has 0 heterocycles. The van der Waals surface area contributed by atoms with Crippen LogP contribution in [0, 0.1) is 0 Å². The van der Waals surface area contributed by atoms with E-state index in [2.05, 4.69) is 26.5 Å². The largest absolute Gasteiger partial charge is 0.271 e. The van der Waals surface area contributed by atoms with E-state index < -0.39 is 0 Å². The van der Waals surface area contributed by atoms with E-state index in [0.717, 1.165) is 10.0 Å². The number of benzene rings is 2. The van der Waals surface area contributed by atoms with Crippen LogP contribution in [-0.4, -0.2) is 12.1 Å². The molecular formula is C14H9BrCl2N2O. The van der Waals surface area contributed by atoms with Crippen molar-refractivity contribution in [1.82, 2.24) is 5.43 Å². The van der Waals surface area contributed by atoms with E-state index in [9.17, 15) is 4.79 Å². The Kier molecular flexibility index (Phi) is 5.17. The first kappa shape index (κ1) is 15.0. The van der Waals surface area contributed by atoms with Crippen LogP contribution in [-0.2, 0) is 0 Å². The first-order valence-corrected chi connectivity index (χ1v) is 7.15. The second-order valence-corrected chi connectivity index (χ2v) is 5.61. The first-order valence-electron chi connectivity index (χ1n) is 5.60. The summed E-state index contributed by atoms with van der Waals surface area (Å²) in [5.41, 5.74) is 3.69. The van der Waals surface area contributed by atoms with E-state index in [1.54, 1.807) is 18.3 Å². The van der Waals surface area contributed by atoms with Gasteiger partial charge in [-0.05, 0) is 35.9 Å². The molecular weight excluding hydrogens is 363 g/mol. The second-order valence-electron chi connectivity index (χ2n) is 3.88. The number of carbonyl (C=O) groups excluding carboxylic acids is 1. The molecule has 0 unspecified atom stereocenters. The van der Waals surface area contributed by atoms with Crippen molar-refractivity contribution in [3.63, 3.8) is 0 Å². The highest BCUT2D eigenvalue weighted by Gasteiger charge is 2.06. The number of hydrogen-bond acceptors (Lipinski definition) is 2. The third kappa shape index (κ3) is 4.07. The van der Waals surface area contributed by atoms with Crippen LogP contribution in [0.3, 0.4) is 0 Å². The van der Waals surface area contributed by atoms with Crippen molar-refractivity contribution in [2.24, 2.45) is 5.10 Å². The Bertz CT molecular complexity index is 674. The van der Waals surface area contributed by atoms with Gasteiger partial charge in [0, 0.05) is 10.0 Å². The summed E-state index contributed by atoms with van der Waals surface area (Å²) in [5.74, 6) is -0.352. The Morgan fingerprint density at radius 2 is 1.95 bits per heavy atom.